The second-order valence-electron chi connectivity index (χ2n) is 6.96. The molecule has 0 aromatic rings. The molecule has 1 aliphatic heterocycles. The van der Waals surface area contributed by atoms with Crippen LogP contribution < -0.4 is 5.32 Å². The normalized spacial score (nSPS) is 34.1. The Hall–Kier alpha value is -0.610. The highest BCUT2D eigenvalue weighted by Crippen LogP contribution is 2.39. The van der Waals surface area contributed by atoms with Crippen LogP contribution in [0, 0.1) is 0 Å². The number of nitrogens with one attached hydrogen (secondary N) is 1. The van der Waals surface area contributed by atoms with E-state index >= 15 is 0 Å². The van der Waals surface area contributed by atoms with Crippen molar-refractivity contribution in [3.8, 4) is 0 Å². The number of likely N-dealkylation sites (N-methyl/N-ethyl adjacent to an activating group) is 1. The number of ether oxygens (including phenoxy) is 1. The summed E-state index contributed by atoms with van der Waals surface area (Å²) in [5.74, 6) is -0.0824. The van der Waals surface area contributed by atoms with Gasteiger partial charge in [0.25, 0.3) is 0 Å². The monoisotopic (exact) mass is 282 g/mol. The molecule has 2 atom stereocenters. The lowest BCUT2D eigenvalue weighted by atomic mass is 9.77. The number of hydrogen-bond acceptors (Lipinski definition) is 4. The summed E-state index contributed by atoms with van der Waals surface area (Å²) in [6, 6.07) is 0.499. The summed E-state index contributed by atoms with van der Waals surface area (Å²) in [5.41, 5.74) is -0.193. The molecule has 116 valence electrons. The second-order valence-corrected chi connectivity index (χ2v) is 6.96. The maximum atomic E-state index is 12.3. The van der Waals surface area contributed by atoms with Gasteiger partial charge in [-0.1, -0.05) is 6.92 Å². The Morgan fingerprint density at radius 3 is 2.65 bits per heavy atom. The summed E-state index contributed by atoms with van der Waals surface area (Å²) in [5, 5.41) is 3.43. The van der Waals surface area contributed by atoms with Crippen LogP contribution in [0.1, 0.15) is 59.3 Å². The molecule has 1 heterocycles. The molecule has 0 spiro atoms. The standard InChI is InChI=1S/C16H30N2O2/c1-5-17-16(14(19)20-4)10-6-8-13(12-16)18-11-7-9-15(18,2)3/h13,17H,5-12H2,1-4H3. The largest absolute Gasteiger partial charge is 0.468 e. The molecule has 2 aliphatic rings. The van der Waals surface area contributed by atoms with Crippen molar-refractivity contribution in [3.63, 3.8) is 0 Å². The minimum atomic E-state index is -0.467. The van der Waals surface area contributed by atoms with Gasteiger partial charge in [-0.2, -0.15) is 0 Å². The fourth-order valence-corrected chi connectivity index (χ4v) is 4.27. The van der Waals surface area contributed by atoms with E-state index in [1.807, 2.05) is 0 Å². The first kappa shape index (κ1) is 15.8. The molecule has 0 radical (unpaired) electrons. The molecule has 2 rings (SSSR count). The zero-order valence-corrected chi connectivity index (χ0v) is 13.5. The van der Waals surface area contributed by atoms with Crippen LogP contribution in [0.2, 0.25) is 0 Å². The Morgan fingerprint density at radius 1 is 1.35 bits per heavy atom. The second kappa shape index (κ2) is 6.02. The number of likely N-dealkylation sites (tertiary alicyclic amines) is 1. The van der Waals surface area contributed by atoms with Crippen LogP contribution in [0.3, 0.4) is 0 Å². The van der Waals surface area contributed by atoms with E-state index in [4.69, 9.17) is 4.74 Å². The average Bonchev–Trinajstić information content (AvgIpc) is 2.78. The van der Waals surface area contributed by atoms with Crippen molar-refractivity contribution in [1.82, 2.24) is 10.2 Å². The molecule has 1 aliphatic carbocycles. The number of hydrogen-bond donors (Lipinski definition) is 1. The molecule has 1 saturated carbocycles. The number of rotatable bonds is 4. The highest BCUT2D eigenvalue weighted by atomic mass is 16.5. The zero-order valence-electron chi connectivity index (χ0n) is 13.5. The van der Waals surface area contributed by atoms with E-state index in [0.29, 0.717) is 6.04 Å². The van der Waals surface area contributed by atoms with Gasteiger partial charge >= 0.3 is 5.97 Å². The van der Waals surface area contributed by atoms with Gasteiger partial charge in [-0.15, -0.1) is 0 Å². The third-order valence-electron chi connectivity index (χ3n) is 5.22. The fourth-order valence-electron chi connectivity index (χ4n) is 4.27. The molecule has 0 aromatic carbocycles. The molecule has 1 saturated heterocycles. The van der Waals surface area contributed by atoms with Gasteiger partial charge < -0.3 is 10.1 Å². The van der Waals surface area contributed by atoms with E-state index in [2.05, 4.69) is 31.0 Å². The Morgan fingerprint density at radius 2 is 2.10 bits per heavy atom. The quantitative estimate of drug-likeness (QED) is 0.804. The van der Waals surface area contributed by atoms with E-state index < -0.39 is 5.54 Å². The summed E-state index contributed by atoms with van der Waals surface area (Å²) in [4.78, 5) is 14.9. The Labute approximate surface area is 123 Å². The molecule has 4 heteroatoms. The van der Waals surface area contributed by atoms with Crippen molar-refractivity contribution in [2.45, 2.75) is 76.4 Å². The molecule has 2 unspecified atom stereocenters. The van der Waals surface area contributed by atoms with E-state index in [9.17, 15) is 4.79 Å². The first-order chi connectivity index (χ1) is 9.45. The van der Waals surface area contributed by atoms with Gasteiger partial charge in [0.1, 0.15) is 5.54 Å². The predicted molar refractivity (Wildman–Crippen MR) is 80.7 cm³/mol. The number of nitrogens with zero attached hydrogens (tertiary/aromatic N) is 1. The van der Waals surface area contributed by atoms with Crippen molar-refractivity contribution in [1.29, 1.82) is 0 Å². The van der Waals surface area contributed by atoms with Gasteiger partial charge in [-0.05, 0) is 65.5 Å². The SMILES string of the molecule is CCNC1(C(=O)OC)CCCC(N2CCCC2(C)C)C1. The van der Waals surface area contributed by atoms with Crippen LogP contribution >= 0.6 is 0 Å². The molecule has 1 N–H and O–H groups in total. The van der Waals surface area contributed by atoms with Gasteiger partial charge in [-0.25, -0.2) is 0 Å². The van der Waals surface area contributed by atoms with Crippen LogP contribution in [-0.2, 0) is 9.53 Å². The average molecular weight is 282 g/mol. The lowest BCUT2D eigenvalue weighted by Gasteiger charge is -2.46. The highest BCUT2D eigenvalue weighted by Gasteiger charge is 2.47. The maximum absolute atomic E-state index is 12.3. The van der Waals surface area contributed by atoms with E-state index in [1.54, 1.807) is 0 Å². The van der Waals surface area contributed by atoms with Gasteiger partial charge in [-0.3, -0.25) is 9.69 Å². The fraction of sp³-hybridized carbons (Fsp3) is 0.938. The zero-order chi connectivity index (χ0) is 14.8. The number of methoxy groups -OCH3 is 1. The minimum Gasteiger partial charge on any atom is -0.468 e. The van der Waals surface area contributed by atoms with Crippen molar-refractivity contribution in [2.75, 3.05) is 20.2 Å². The van der Waals surface area contributed by atoms with Crippen molar-refractivity contribution in [2.24, 2.45) is 0 Å². The summed E-state index contributed by atoms with van der Waals surface area (Å²) in [6.45, 7) is 8.71. The molecule has 4 nitrogen and oxygen atoms in total. The van der Waals surface area contributed by atoms with Gasteiger partial charge in [0.05, 0.1) is 7.11 Å². The molecular weight excluding hydrogens is 252 g/mol. The third-order valence-corrected chi connectivity index (χ3v) is 5.22. The summed E-state index contributed by atoms with van der Waals surface area (Å²) in [7, 11) is 1.50. The Bertz CT molecular complexity index is 352. The summed E-state index contributed by atoms with van der Waals surface area (Å²) >= 11 is 0. The Kier molecular flexibility index (Phi) is 4.75. The predicted octanol–water partition coefficient (Wildman–Crippen LogP) is 2.32. The first-order valence-electron chi connectivity index (χ1n) is 8.05. The van der Waals surface area contributed by atoms with Crippen LogP contribution in [0.15, 0.2) is 0 Å². The van der Waals surface area contributed by atoms with Crippen molar-refractivity contribution in [3.05, 3.63) is 0 Å². The highest BCUT2D eigenvalue weighted by molar-refractivity contribution is 5.81. The number of carbonyl (C=O) groups is 1. The molecule has 2 fully saturated rings. The Balaban J connectivity index is 2.15. The first-order valence-corrected chi connectivity index (χ1v) is 8.05. The van der Waals surface area contributed by atoms with Gasteiger partial charge in [0.15, 0.2) is 0 Å². The molecule has 0 bridgehead atoms. The topological polar surface area (TPSA) is 41.6 Å². The number of esters is 1. The van der Waals surface area contributed by atoms with Crippen molar-refractivity contribution >= 4 is 5.97 Å². The van der Waals surface area contributed by atoms with Crippen LogP contribution in [-0.4, -0.2) is 48.2 Å². The molecular formula is C16H30N2O2. The molecule has 20 heavy (non-hydrogen) atoms. The van der Waals surface area contributed by atoms with Crippen LogP contribution in [0.5, 0.6) is 0 Å². The molecule has 0 amide bonds. The van der Waals surface area contributed by atoms with Gasteiger partial charge in [0.2, 0.25) is 0 Å². The maximum Gasteiger partial charge on any atom is 0.326 e. The molecule has 0 aromatic heterocycles. The number of carbonyl (C=O) groups excluding carboxylic acids is 1. The van der Waals surface area contributed by atoms with Gasteiger partial charge in [0, 0.05) is 11.6 Å². The summed E-state index contributed by atoms with van der Waals surface area (Å²) in [6.07, 6.45) is 6.62. The smallest absolute Gasteiger partial charge is 0.326 e. The van der Waals surface area contributed by atoms with E-state index in [1.165, 1.54) is 32.9 Å². The lowest BCUT2D eigenvalue weighted by Crippen LogP contribution is -2.60. The third kappa shape index (κ3) is 2.86. The lowest BCUT2D eigenvalue weighted by molar-refractivity contribution is -0.151. The van der Waals surface area contributed by atoms with E-state index in [0.717, 1.165) is 25.8 Å². The minimum absolute atomic E-state index is 0.0824. The van der Waals surface area contributed by atoms with E-state index in [-0.39, 0.29) is 11.5 Å². The van der Waals surface area contributed by atoms with Crippen molar-refractivity contribution < 1.29 is 9.53 Å². The van der Waals surface area contributed by atoms with Crippen LogP contribution in [0.25, 0.3) is 0 Å². The van der Waals surface area contributed by atoms with Crippen LogP contribution in [0.4, 0.5) is 0 Å². The summed E-state index contributed by atoms with van der Waals surface area (Å²) < 4.78 is 5.09.